The second-order valence-corrected chi connectivity index (χ2v) is 6.84. The fraction of sp³-hybridized carbons (Fsp3) is 0.0588. The number of aromatic amines is 1. The van der Waals surface area contributed by atoms with Crippen LogP contribution in [0.1, 0.15) is 16.5 Å². The number of para-hydroxylation sites is 1. The summed E-state index contributed by atoms with van der Waals surface area (Å²) in [6.45, 7) is 0. The van der Waals surface area contributed by atoms with E-state index in [1.54, 1.807) is 0 Å². The molecule has 2 aromatic carbocycles. The number of benzene rings is 2. The van der Waals surface area contributed by atoms with Gasteiger partial charge in [-0.3, -0.25) is 0 Å². The summed E-state index contributed by atoms with van der Waals surface area (Å²) in [6.07, 6.45) is 0. The lowest BCUT2D eigenvalue weighted by Gasteiger charge is -2.10. The minimum absolute atomic E-state index is 0.138. The van der Waals surface area contributed by atoms with Crippen LogP contribution in [0.5, 0.6) is 0 Å². The zero-order chi connectivity index (χ0) is 14.4. The monoisotopic (exact) mass is 312 g/mol. The van der Waals surface area contributed by atoms with Gasteiger partial charge in [-0.05, 0) is 35.9 Å². The van der Waals surface area contributed by atoms with Crippen molar-refractivity contribution in [2.24, 2.45) is 5.73 Å². The Morgan fingerprint density at radius 3 is 2.57 bits per heavy atom. The number of halogens is 1. The molecule has 0 bridgehead atoms. The molecule has 2 aromatic heterocycles. The maximum atomic E-state index is 6.38. The van der Waals surface area contributed by atoms with E-state index in [1.807, 2.05) is 18.2 Å². The van der Waals surface area contributed by atoms with E-state index in [1.165, 1.54) is 22.1 Å². The Labute approximate surface area is 131 Å². The third-order valence-corrected chi connectivity index (χ3v) is 5.10. The van der Waals surface area contributed by atoms with Crippen LogP contribution in [0.25, 0.3) is 21.8 Å². The van der Waals surface area contributed by atoms with Gasteiger partial charge in [-0.25, -0.2) is 0 Å². The fourth-order valence-corrected chi connectivity index (χ4v) is 3.81. The third kappa shape index (κ3) is 2.14. The summed E-state index contributed by atoms with van der Waals surface area (Å²) in [5, 5.41) is 2.44. The van der Waals surface area contributed by atoms with Crippen LogP contribution in [0.4, 0.5) is 0 Å². The molecule has 3 N–H and O–H groups in total. The van der Waals surface area contributed by atoms with Gasteiger partial charge in [0.25, 0.3) is 0 Å². The number of hydrogen-bond acceptors (Lipinski definition) is 2. The molecular weight excluding hydrogens is 300 g/mol. The molecule has 0 spiro atoms. The first-order valence-electron chi connectivity index (χ1n) is 6.73. The van der Waals surface area contributed by atoms with E-state index in [0.29, 0.717) is 0 Å². The SMILES string of the molecule is NC(c1ccc2[nH]c3ccccc3c2c1)c1ccc(Cl)s1. The highest BCUT2D eigenvalue weighted by molar-refractivity contribution is 7.16. The molecule has 0 saturated carbocycles. The van der Waals surface area contributed by atoms with Crippen LogP contribution in [0.15, 0.2) is 54.6 Å². The summed E-state index contributed by atoms with van der Waals surface area (Å²) in [6, 6.07) is 18.4. The van der Waals surface area contributed by atoms with Gasteiger partial charge in [-0.15, -0.1) is 11.3 Å². The minimum atomic E-state index is -0.138. The van der Waals surface area contributed by atoms with E-state index < -0.39 is 0 Å². The molecule has 0 aliphatic carbocycles. The first-order chi connectivity index (χ1) is 10.2. The van der Waals surface area contributed by atoms with E-state index in [9.17, 15) is 0 Å². The number of rotatable bonds is 2. The Hall–Kier alpha value is -1.81. The van der Waals surface area contributed by atoms with Crippen LogP contribution in [0.2, 0.25) is 4.34 Å². The van der Waals surface area contributed by atoms with Gasteiger partial charge >= 0.3 is 0 Å². The second kappa shape index (κ2) is 4.88. The molecule has 4 aromatic rings. The van der Waals surface area contributed by atoms with Gasteiger partial charge in [0.2, 0.25) is 0 Å². The Balaban J connectivity index is 1.88. The van der Waals surface area contributed by atoms with Gasteiger partial charge in [0, 0.05) is 26.7 Å². The lowest BCUT2D eigenvalue weighted by molar-refractivity contribution is 0.896. The van der Waals surface area contributed by atoms with Crippen molar-refractivity contribution in [3.05, 3.63) is 69.4 Å². The molecular formula is C17H13ClN2S. The molecule has 2 heterocycles. The van der Waals surface area contributed by atoms with Crippen LogP contribution in [0, 0.1) is 0 Å². The molecule has 0 aliphatic heterocycles. The van der Waals surface area contributed by atoms with E-state index in [0.717, 1.165) is 25.8 Å². The molecule has 0 amide bonds. The molecule has 104 valence electrons. The number of nitrogens with two attached hydrogens (primary N) is 1. The first kappa shape index (κ1) is 12.9. The first-order valence-corrected chi connectivity index (χ1v) is 7.93. The summed E-state index contributed by atoms with van der Waals surface area (Å²) in [5.41, 5.74) is 9.76. The number of aromatic nitrogens is 1. The van der Waals surface area contributed by atoms with Gasteiger partial charge in [0.15, 0.2) is 0 Å². The average Bonchev–Trinajstić information content (AvgIpc) is 3.09. The number of hydrogen-bond donors (Lipinski definition) is 2. The van der Waals surface area contributed by atoms with Crippen molar-refractivity contribution in [3.8, 4) is 0 Å². The number of thiophene rings is 1. The van der Waals surface area contributed by atoms with E-state index >= 15 is 0 Å². The van der Waals surface area contributed by atoms with Gasteiger partial charge in [-0.1, -0.05) is 35.9 Å². The molecule has 4 heteroatoms. The summed E-state index contributed by atoms with van der Waals surface area (Å²) in [4.78, 5) is 4.51. The van der Waals surface area contributed by atoms with Crippen molar-refractivity contribution in [2.45, 2.75) is 6.04 Å². The summed E-state index contributed by atoms with van der Waals surface area (Å²) in [5.74, 6) is 0. The van der Waals surface area contributed by atoms with Crippen molar-refractivity contribution in [1.29, 1.82) is 0 Å². The maximum absolute atomic E-state index is 6.38. The van der Waals surface area contributed by atoms with Crippen molar-refractivity contribution in [1.82, 2.24) is 4.98 Å². The minimum Gasteiger partial charge on any atom is -0.355 e. The van der Waals surface area contributed by atoms with Crippen molar-refractivity contribution in [2.75, 3.05) is 0 Å². The second-order valence-electron chi connectivity index (χ2n) is 5.10. The molecule has 1 unspecified atom stereocenters. The molecule has 0 aliphatic rings. The van der Waals surface area contributed by atoms with Crippen LogP contribution in [-0.2, 0) is 0 Å². The topological polar surface area (TPSA) is 41.8 Å². The van der Waals surface area contributed by atoms with Crippen molar-refractivity contribution >= 4 is 44.7 Å². The van der Waals surface area contributed by atoms with Crippen LogP contribution < -0.4 is 5.73 Å². The lowest BCUT2D eigenvalue weighted by Crippen LogP contribution is -2.09. The highest BCUT2D eigenvalue weighted by Gasteiger charge is 2.13. The van der Waals surface area contributed by atoms with Crippen LogP contribution in [0.3, 0.4) is 0 Å². The predicted molar refractivity (Wildman–Crippen MR) is 91.2 cm³/mol. The molecule has 0 radical (unpaired) electrons. The predicted octanol–water partition coefficient (Wildman–Crippen LogP) is 5.08. The fourth-order valence-electron chi connectivity index (χ4n) is 2.72. The Morgan fingerprint density at radius 1 is 0.952 bits per heavy atom. The average molecular weight is 313 g/mol. The van der Waals surface area contributed by atoms with Crippen LogP contribution in [-0.4, -0.2) is 4.98 Å². The molecule has 0 saturated heterocycles. The molecule has 2 nitrogen and oxygen atoms in total. The largest absolute Gasteiger partial charge is 0.355 e. The zero-order valence-electron chi connectivity index (χ0n) is 11.1. The van der Waals surface area contributed by atoms with E-state index in [4.69, 9.17) is 17.3 Å². The lowest BCUT2D eigenvalue weighted by atomic mass is 10.0. The highest BCUT2D eigenvalue weighted by Crippen LogP contribution is 2.32. The zero-order valence-corrected chi connectivity index (χ0v) is 12.7. The van der Waals surface area contributed by atoms with Gasteiger partial charge in [-0.2, -0.15) is 0 Å². The molecule has 4 rings (SSSR count). The molecule has 21 heavy (non-hydrogen) atoms. The van der Waals surface area contributed by atoms with Crippen molar-refractivity contribution in [3.63, 3.8) is 0 Å². The van der Waals surface area contributed by atoms with Gasteiger partial charge < -0.3 is 10.7 Å². The number of nitrogens with one attached hydrogen (secondary N) is 1. The maximum Gasteiger partial charge on any atom is 0.0931 e. The summed E-state index contributed by atoms with van der Waals surface area (Å²) >= 11 is 7.54. The van der Waals surface area contributed by atoms with Crippen LogP contribution >= 0.6 is 22.9 Å². The quantitative estimate of drug-likeness (QED) is 0.532. The molecule has 0 fully saturated rings. The van der Waals surface area contributed by atoms with E-state index in [-0.39, 0.29) is 6.04 Å². The summed E-state index contributed by atoms with van der Waals surface area (Å²) < 4.78 is 0.772. The summed E-state index contributed by atoms with van der Waals surface area (Å²) in [7, 11) is 0. The number of fused-ring (bicyclic) bond motifs is 3. The third-order valence-electron chi connectivity index (χ3n) is 3.79. The Bertz CT molecular complexity index is 938. The Kier molecular flexibility index (Phi) is 3.00. The van der Waals surface area contributed by atoms with Gasteiger partial charge in [0.1, 0.15) is 0 Å². The number of H-pyrrole nitrogens is 1. The standard InChI is InChI=1S/C17H13ClN2S/c18-16-8-7-15(21-16)17(19)10-5-6-14-12(9-10)11-3-1-2-4-13(11)20-14/h1-9,17,20H,19H2. The highest BCUT2D eigenvalue weighted by atomic mass is 35.5. The Morgan fingerprint density at radius 2 is 1.76 bits per heavy atom. The smallest absolute Gasteiger partial charge is 0.0931 e. The van der Waals surface area contributed by atoms with Crippen molar-refractivity contribution < 1.29 is 0 Å². The van der Waals surface area contributed by atoms with Gasteiger partial charge in [0.05, 0.1) is 10.4 Å². The molecule has 1 atom stereocenters. The van der Waals surface area contributed by atoms with E-state index in [2.05, 4.69) is 41.4 Å². The normalized spacial score (nSPS) is 13.0.